The van der Waals surface area contributed by atoms with E-state index in [2.05, 4.69) is 10.7 Å². The van der Waals surface area contributed by atoms with E-state index in [4.69, 9.17) is 9.90 Å². The maximum absolute atomic E-state index is 9.02. The van der Waals surface area contributed by atoms with Gasteiger partial charge < -0.3 is 9.94 Å². The monoisotopic (exact) mass is 125 g/mol. The summed E-state index contributed by atoms with van der Waals surface area (Å²) >= 11 is 0. The van der Waals surface area contributed by atoms with Gasteiger partial charge in [-0.2, -0.15) is 5.90 Å². The molecule has 0 radical (unpaired) electrons. The normalized spacial score (nSPS) is 5.50. The summed E-state index contributed by atoms with van der Waals surface area (Å²) in [6.45, 7) is 0. The van der Waals surface area contributed by atoms with Crippen LogP contribution in [0.15, 0.2) is 0 Å². The Balaban J connectivity index is 0. The third kappa shape index (κ3) is 9.04. The topological polar surface area (TPSA) is 72.5 Å². The van der Waals surface area contributed by atoms with Gasteiger partial charge >= 0.3 is 6.16 Å². The van der Waals surface area contributed by atoms with Crippen molar-refractivity contribution < 1.29 is 36.5 Å². The zero-order valence-corrected chi connectivity index (χ0v) is 4.40. The number of hydrogen-bond donors (Lipinski definition) is 2. The zero-order chi connectivity index (χ0) is 4.28. The van der Waals surface area contributed by atoms with E-state index in [1.807, 2.05) is 0 Å². The summed E-state index contributed by atoms with van der Waals surface area (Å²) in [4.78, 5) is 12.2. The SMILES string of the molecule is NOC(=O)O.[Ti]. The Morgan fingerprint density at radius 3 is 2.00 bits per heavy atom. The van der Waals surface area contributed by atoms with Gasteiger partial charge in [0, 0.05) is 21.7 Å². The summed E-state index contributed by atoms with van der Waals surface area (Å²) in [5.41, 5.74) is 0. The van der Waals surface area contributed by atoms with Gasteiger partial charge in [0.25, 0.3) is 0 Å². The van der Waals surface area contributed by atoms with E-state index in [-0.39, 0.29) is 21.7 Å². The summed E-state index contributed by atoms with van der Waals surface area (Å²) in [5.74, 6) is 4.07. The molecule has 0 fully saturated rings. The number of rotatable bonds is 0. The molecule has 0 aromatic heterocycles. The fraction of sp³-hybridized carbons (Fsp3) is 0. The van der Waals surface area contributed by atoms with Crippen LogP contribution in [-0.4, -0.2) is 11.3 Å². The van der Waals surface area contributed by atoms with Crippen molar-refractivity contribution >= 4 is 6.16 Å². The van der Waals surface area contributed by atoms with E-state index in [0.717, 1.165) is 0 Å². The molecule has 0 aromatic rings. The van der Waals surface area contributed by atoms with E-state index < -0.39 is 6.16 Å². The minimum Gasteiger partial charge on any atom is -0.448 e. The second-order valence-corrected chi connectivity index (χ2v) is 0.384. The van der Waals surface area contributed by atoms with Crippen molar-refractivity contribution in [2.24, 2.45) is 5.90 Å². The van der Waals surface area contributed by atoms with Crippen molar-refractivity contribution in [3.8, 4) is 0 Å². The van der Waals surface area contributed by atoms with E-state index in [9.17, 15) is 0 Å². The largest absolute Gasteiger partial charge is 0.524 e. The first-order chi connectivity index (χ1) is 2.27. The van der Waals surface area contributed by atoms with E-state index in [0.29, 0.717) is 0 Å². The van der Waals surface area contributed by atoms with Gasteiger partial charge in [0.15, 0.2) is 0 Å². The van der Waals surface area contributed by atoms with Gasteiger partial charge in [0.2, 0.25) is 0 Å². The quantitative estimate of drug-likeness (QED) is 0.339. The first-order valence-corrected chi connectivity index (χ1v) is 0.868. The predicted molar refractivity (Wildman–Crippen MR) is 13.3 cm³/mol. The molecule has 0 spiro atoms. The van der Waals surface area contributed by atoms with Crippen molar-refractivity contribution in [2.45, 2.75) is 0 Å². The molecule has 0 aromatic carbocycles. The third-order valence-corrected chi connectivity index (χ3v) is 0.101. The third-order valence-electron chi connectivity index (χ3n) is 0.101. The van der Waals surface area contributed by atoms with E-state index in [1.54, 1.807) is 0 Å². The van der Waals surface area contributed by atoms with Crippen molar-refractivity contribution in [2.75, 3.05) is 0 Å². The Hall–Kier alpha value is -0.0557. The molecule has 0 atom stereocenters. The van der Waals surface area contributed by atoms with E-state index in [1.165, 1.54) is 0 Å². The molecule has 0 saturated heterocycles. The minimum absolute atomic E-state index is 0. The van der Waals surface area contributed by atoms with Gasteiger partial charge in [0.1, 0.15) is 0 Å². The van der Waals surface area contributed by atoms with Crippen LogP contribution in [0.1, 0.15) is 0 Å². The Labute approximate surface area is 49.1 Å². The standard InChI is InChI=1S/CH3NO3.Ti/c2-5-1(3)4;/h2H2,(H,3,4);. The van der Waals surface area contributed by atoms with Crippen LogP contribution in [0.25, 0.3) is 0 Å². The molecular weight excluding hydrogens is 122 g/mol. The van der Waals surface area contributed by atoms with E-state index >= 15 is 0 Å². The first-order valence-electron chi connectivity index (χ1n) is 0.868. The average Bonchev–Trinajstić information content (AvgIpc) is 1.38. The molecule has 0 saturated carbocycles. The number of carbonyl (C=O) groups is 1. The molecule has 0 amide bonds. The summed E-state index contributed by atoms with van der Waals surface area (Å²) in [7, 11) is 0. The maximum atomic E-state index is 9.02. The Morgan fingerprint density at radius 2 is 2.00 bits per heavy atom. The molecular formula is CH3NO3Ti. The van der Waals surface area contributed by atoms with Crippen LogP contribution in [0.3, 0.4) is 0 Å². The van der Waals surface area contributed by atoms with Gasteiger partial charge in [-0.05, 0) is 0 Å². The van der Waals surface area contributed by atoms with Crippen LogP contribution >= 0.6 is 0 Å². The molecule has 0 bridgehead atoms. The molecule has 0 aliphatic carbocycles. The molecule has 0 rings (SSSR count). The molecule has 5 heteroatoms. The molecule has 3 N–H and O–H groups in total. The van der Waals surface area contributed by atoms with Gasteiger partial charge in [-0.3, -0.25) is 0 Å². The van der Waals surface area contributed by atoms with Crippen LogP contribution in [0.2, 0.25) is 0 Å². The number of carboxylic acid groups (broad SMARTS) is 1. The summed E-state index contributed by atoms with van der Waals surface area (Å²) < 4.78 is 0. The van der Waals surface area contributed by atoms with Gasteiger partial charge in [-0.25, -0.2) is 4.79 Å². The second kappa shape index (κ2) is 4.94. The van der Waals surface area contributed by atoms with Crippen LogP contribution in [0, 0.1) is 0 Å². The zero-order valence-electron chi connectivity index (χ0n) is 2.84. The maximum Gasteiger partial charge on any atom is 0.524 e. The van der Waals surface area contributed by atoms with Crippen LogP contribution in [0.5, 0.6) is 0 Å². The van der Waals surface area contributed by atoms with Gasteiger partial charge in [-0.1, -0.05) is 0 Å². The molecule has 0 aliphatic rings. The van der Waals surface area contributed by atoms with Crippen LogP contribution < -0.4 is 5.90 Å². The van der Waals surface area contributed by atoms with Gasteiger partial charge in [0.05, 0.1) is 0 Å². The Bertz CT molecular complexity index is 46.1. The molecule has 0 heterocycles. The smallest absolute Gasteiger partial charge is 0.448 e. The molecule has 4 nitrogen and oxygen atoms in total. The second-order valence-electron chi connectivity index (χ2n) is 0.384. The molecule has 6 heavy (non-hydrogen) atoms. The van der Waals surface area contributed by atoms with Crippen molar-refractivity contribution in [1.82, 2.24) is 0 Å². The molecule has 0 aliphatic heterocycles. The van der Waals surface area contributed by atoms with Gasteiger partial charge in [-0.15, -0.1) is 0 Å². The van der Waals surface area contributed by atoms with Crippen molar-refractivity contribution in [3.63, 3.8) is 0 Å². The van der Waals surface area contributed by atoms with Crippen molar-refractivity contribution in [1.29, 1.82) is 0 Å². The first kappa shape index (κ1) is 9.34. The fourth-order valence-corrected chi connectivity index (χ4v) is 0. The number of nitrogens with two attached hydrogens (primary N) is 1. The summed E-state index contributed by atoms with van der Waals surface area (Å²) in [6, 6.07) is 0. The Kier molecular flexibility index (Phi) is 7.70. The summed E-state index contributed by atoms with van der Waals surface area (Å²) in [6.07, 6.45) is -1.47. The molecule has 0 unspecified atom stereocenters. The van der Waals surface area contributed by atoms with Crippen LogP contribution in [0.4, 0.5) is 4.79 Å². The molecule has 34 valence electrons. The van der Waals surface area contributed by atoms with Crippen molar-refractivity contribution in [3.05, 3.63) is 0 Å². The Morgan fingerprint density at radius 1 is 1.83 bits per heavy atom. The minimum atomic E-state index is -1.47. The number of hydrogen-bond acceptors (Lipinski definition) is 3. The predicted octanol–water partition coefficient (Wildman–Crippen LogP) is -0.448. The summed E-state index contributed by atoms with van der Waals surface area (Å²) in [5, 5.41) is 7.38. The van der Waals surface area contributed by atoms with Crippen LogP contribution in [-0.2, 0) is 26.6 Å². The fourth-order valence-electron chi connectivity index (χ4n) is 0. The average molecular weight is 125 g/mol.